The summed E-state index contributed by atoms with van der Waals surface area (Å²) in [5.41, 5.74) is 9.01. The topological polar surface area (TPSA) is 38.0 Å². The van der Waals surface area contributed by atoms with Gasteiger partial charge in [-0.1, -0.05) is 18.2 Å². The Balaban J connectivity index is 2.13. The van der Waals surface area contributed by atoms with Crippen LogP contribution >= 0.6 is 0 Å². The molecule has 1 heterocycles. The van der Waals surface area contributed by atoms with Gasteiger partial charge in [-0.15, -0.1) is 0 Å². The molecule has 2 aromatic carbocycles. The molecule has 3 nitrogen and oxygen atoms in total. The first-order valence-corrected chi connectivity index (χ1v) is 8.64. The van der Waals surface area contributed by atoms with Gasteiger partial charge in [-0.2, -0.15) is 0 Å². The van der Waals surface area contributed by atoms with Gasteiger partial charge in [0.1, 0.15) is 5.82 Å². The number of aryl methyl sites for hydroxylation is 3. The number of hydrogen-bond acceptors (Lipinski definition) is 2. The summed E-state index contributed by atoms with van der Waals surface area (Å²) in [5, 5.41) is 9.21. The van der Waals surface area contributed by atoms with Crippen molar-refractivity contribution in [3.8, 4) is 0 Å². The van der Waals surface area contributed by atoms with Gasteiger partial charge < -0.3 is 9.67 Å². The molecule has 1 N–H and O–H groups in total. The fourth-order valence-corrected chi connectivity index (χ4v) is 3.42. The normalized spacial score (nSPS) is 11.4. The molecule has 3 heteroatoms. The summed E-state index contributed by atoms with van der Waals surface area (Å²) in [6.45, 7) is 9.83. The summed E-state index contributed by atoms with van der Waals surface area (Å²) >= 11 is 0. The molecule has 24 heavy (non-hydrogen) atoms. The first kappa shape index (κ1) is 16.7. The van der Waals surface area contributed by atoms with Gasteiger partial charge in [0.05, 0.1) is 11.0 Å². The third-order valence-electron chi connectivity index (χ3n) is 5.13. The van der Waals surface area contributed by atoms with Crippen molar-refractivity contribution in [3.05, 3.63) is 64.0 Å². The molecule has 0 bridgehead atoms. The first-order chi connectivity index (χ1) is 11.5. The number of hydrogen-bond donors (Lipinski definition) is 1. The molecular weight excluding hydrogens is 296 g/mol. The molecule has 0 aliphatic rings. The first-order valence-electron chi connectivity index (χ1n) is 8.64. The van der Waals surface area contributed by atoms with Gasteiger partial charge in [0.25, 0.3) is 0 Å². The van der Waals surface area contributed by atoms with Crippen LogP contribution in [0.15, 0.2) is 30.3 Å². The molecule has 126 valence electrons. The van der Waals surface area contributed by atoms with Crippen molar-refractivity contribution in [3.63, 3.8) is 0 Å². The van der Waals surface area contributed by atoms with Crippen molar-refractivity contribution in [2.75, 3.05) is 6.61 Å². The SMILES string of the molecule is Cc1cc(C)c(C)c(Cn2c(CCCO)nc3ccccc32)c1C. The highest BCUT2D eigenvalue weighted by molar-refractivity contribution is 5.76. The lowest BCUT2D eigenvalue weighted by atomic mass is 9.94. The van der Waals surface area contributed by atoms with Crippen molar-refractivity contribution in [2.45, 2.75) is 47.1 Å². The second-order valence-corrected chi connectivity index (χ2v) is 6.67. The number of aliphatic hydroxyl groups excluding tert-OH is 1. The van der Waals surface area contributed by atoms with Crippen LogP contribution < -0.4 is 0 Å². The van der Waals surface area contributed by atoms with E-state index in [0.717, 1.165) is 30.7 Å². The zero-order chi connectivity index (χ0) is 17.3. The molecule has 0 spiro atoms. The maximum Gasteiger partial charge on any atom is 0.110 e. The lowest BCUT2D eigenvalue weighted by molar-refractivity contribution is 0.287. The fraction of sp³-hybridized carbons (Fsp3) is 0.381. The summed E-state index contributed by atoms with van der Waals surface area (Å²) in [6.07, 6.45) is 1.54. The Labute approximate surface area is 144 Å². The van der Waals surface area contributed by atoms with Crippen LogP contribution in [0.5, 0.6) is 0 Å². The van der Waals surface area contributed by atoms with Gasteiger partial charge in [0.2, 0.25) is 0 Å². The lowest BCUT2D eigenvalue weighted by Gasteiger charge is -2.17. The fourth-order valence-electron chi connectivity index (χ4n) is 3.42. The standard InChI is InChI=1S/C21H26N2O/c1-14-12-15(2)17(4)18(16(14)3)13-23-20-9-6-5-8-19(20)22-21(23)10-7-11-24/h5-6,8-9,12,24H,7,10-11,13H2,1-4H3. The van der Waals surface area contributed by atoms with Gasteiger partial charge in [-0.25, -0.2) is 4.98 Å². The van der Waals surface area contributed by atoms with Gasteiger partial charge in [-0.3, -0.25) is 0 Å². The van der Waals surface area contributed by atoms with E-state index >= 15 is 0 Å². The average molecular weight is 322 g/mol. The van der Waals surface area contributed by atoms with Crippen molar-refractivity contribution in [2.24, 2.45) is 0 Å². The summed E-state index contributed by atoms with van der Waals surface area (Å²) in [7, 11) is 0. The van der Waals surface area contributed by atoms with Crippen LogP contribution in [0, 0.1) is 27.7 Å². The van der Waals surface area contributed by atoms with Crippen molar-refractivity contribution in [1.29, 1.82) is 0 Å². The minimum absolute atomic E-state index is 0.199. The molecule has 0 amide bonds. The van der Waals surface area contributed by atoms with Gasteiger partial charge >= 0.3 is 0 Å². The molecule has 3 rings (SSSR count). The summed E-state index contributed by atoms with van der Waals surface area (Å²) in [6, 6.07) is 10.6. The predicted molar refractivity (Wildman–Crippen MR) is 99.6 cm³/mol. The van der Waals surface area contributed by atoms with E-state index in [1.54, 1.807) is 0 Å². The average Bonchev–Trinajstić information content (AvgIpc) is 2.92. The summed E-state index contributed by atoms with van der Waals surface area (Å²) < 4.78 is 2.32. The summed E-state index contributed by atoms with van der Waals surface area (Å²) in [4.78, 5) is 4.80. The van der Waals surface area contributed by atoms with Gasteiger partial charge in [0, 0.05) is 19.6 Å². The molecule has 0 aliphatic heterocycles. The maximum atomic E-state index is 9.21. The van der Waals surface area contributed by atoms with E-state index < -0.39 is 0 Å². The van der Waals surface area contributed by atoms with E-state index in [1.165, 1.54) is 33.3 Å². The van der Waals surface area contributed by atoms with Crippen molar-refractivity contribution in [1.82, 2.24) is 9.55 Å². The number of nitrogens with zero attached hydrogens (tertiary/aromatic N) is 2. The molecular formula is C21H26N2O. The zero-order valence-corrected chi connectivity index (χ0v) is 15.1. The lowest BCUT2D eigenvalue weighted by Crippen LogP contribution is -2.10. The number of aliphatic hydroxyl groups is 1. The molecule has 0 saturated heterocycles. The quantitative estimate of drug-likeness (QED) is 0.763. The monoisotopic (exact) mass is 322 g/mol. The second kappa shape index (κ2) is 6.78. The van der Waals surface area contributed by atoms with Crippen LogP contribution in [-0.4, -0.2) is 21.3 Å². The van der Waals surface area contributed by atoms with Gasteiger partial charge in [0.15, 0.2) is 0 Å². The zero-order valence-electron chi connectivity index (χ0n) is 15.1. The highest BCUT2D eigenvalue weighted by Gasteiger charge is 2.14. The van der Waals surface area contributed by atoms with E-state index in [-0.39, 0.29) is 6.61 Å². The van der Waals surface area contributed by atoms with Crippen LogP contribution in [0.4, 0.5) is 0 Å². The number of aromatic nitrogens is 2. The van der Waals surface area contributed by atoms with Crippen molar-refractivity contribution >= 4 is 11.0 Å². The summed E-state index contributed by atoms with van der Waals surface area (Å²) in [5.74, 6) is 1.06. The van der Waals surface area contributed by atoms with E-state index in [2.05, 4.69) is 56.5 Å². The van der Waals surface area contributed by atoms with Crippen LogP contribution in [0.3, 0.4) is 0 Å². The molecule has 0 atom stereocenters. The highest BCUT2D eigenvalue weighted by Crippen LogP contribution is 2.25. The Morgan fingerprint density at radius 3 is 2.33 bits per heavy atom. The maximum absolute atomic E-state index is 9.21. The predicted octanol–water partition coefficient (Wildman–Crippen LogP) is 4.24. The number of imidazole rings is 1. The molecule has 1 aromatic heterocycles. The Morgan fingerprint density at radius 2 is 1.67 bits per heavy atom. The molecule has 0 aliphatic carbocycles. The Kier molecular flexibility index (Phi) is 4.72. The Morgan fingerprint density at radius 1 is 1.00 bits per heavy atom. The van der Waals surface area contributed by atoms with E-state index in [4.69, 9.17) is 4.98 Å². The Bertz CT molecular complexity index is 851. The number of para-hydroxylation sites is 2. The van der Waals surface area contributed by atoms with Gasteiger partial charge in [-0.05, 0) is 74.1 Å². The van der Waals surface area contributed by atoms with E-state index in [9.17, 15) is 5.11 Å². The smallest absolute Gasteiger partial charge is 0.110 e. The third-order valence-corrected chi connectivity index (χ3v) is 5.13. The van der Waals surface area contributed by atoms with E-state index in [0.29, 0.717) is 0 Å². The van der Waals surface area contributed by atoms with E-state index in [1.807, 2.05) is 6.07 Å². The van der Waals surface area contributed by atoms with Crippen LogP contribution in [-0.2, 0) is 13.0 Å². The molecule has 0 unspecified atom stereocenters. The minimum Gasteiger partial charge on any atom is -0.396 e. The van der Waals surface area contributed by atoms with Crippen molar-refractivity contribution < 1.29 is 5.11 Å². The Hall–Kier alpha value is -2.13. The number of benzene rings is 2. The molecule has 0 radical (unpaired) electrons. The van der Waals surface area contributed by atoms with Crippen LogP contribution in [0.1, 0.15) is 40.1 Å². The second-order valence-electron chi connectivity index (χ2n) is 6.67. The molecule has 3 aromatic rings. The number of rotatable bonds is 5. The van der Waals surface area contributed by atoms with Crippen LogP contribution in [0.25, 0.3) is 11.0 Å². The number of fused-ring (bicyclic) bond motifs is 1. The molecule has 0 fully saturated rings. The third kappa shape index (κ3) is 2.96. The largest absolute Gasteiger partial charge is 0.396 e. The van der Waals surface area contributed by atoms with Crippen LogP contribution in [0.2, 0.25) is 0 Å². The minimum atomic E-state index is 0.199. The molecule has 0 saturated carbocycles. The highest BCUT2D eigenvalue weighted by atomic mass is 16.2.